The molecule has 344 valence electrons. The molecule has 22 heteroatoms. The number of rotatable bonds is 14. The van der Waals surface area contributed by atoms with Crippen LogP contribution >= 0.6 is 0 Å². The normalized spacial score (nSPS) is 19.1. The van der Waals surface area contributed by atoms with E-state index in [9.17, 15) is 27.0 Å². The van der Waals surface area contributed by atoms with Crippen molar-refractivity contribution in [2.45, 2.75) is 60.9 Å². The van der Waals surface area contributed by atoms with Crippen LogP contribution < -0.4 is 29.6 Å². The molecule has 2 saturated heterocycles. The fraction of sp³-hybridized carbons (Fsp3) is 0.429. The molecule has 8 rings (SSSR count). The van der Waals surface area contributed by atoms with E-state index in [2.05, 4.69) is 31.0 Å². The Balaban J connectivity index is 0.000000191. The fourth-order valence-electron chi connectivity index (χ4n) is 7.73. The summed E-state index contributed by atoms with van der Waals surface area (Å²) in [5.74, 6) is 4.35. The summed E-state index contributed by atoms with van der Waals surface area (Å²) in [7, 11) is -1.25. The number of ether oxygens (including phenoxy) is 4. The summed E-state index contributed by atoms with van der Waals surface area (Å²) in [4.78, 5) is 0. The molecule has 64 heavy (non-hydrogen) atoms. The zero-order valence-corrected chi connectivity index (χ0v) is 37.8. The number of para-hydroxylation sites is 2. The van der Waals surface area contributed by atoms with Crippen LogP contribution in [0, 0.1) is 13.8 Å². The molecule has 6 heterocycles. The lowest BCUT2D eigenvalue weighted by molar-refractivity contribution is 0.143. The van der Waals surface area contributed by atoms with Gasteiger partial charge in [-0.2, -0.15) is 0 Å². The van der Waals surface area contributed by atoms with Crippen molar-refractivity contribution in [3.63, 3.8) is 0 Å². The molecule has 0 unspecified atom stereocenters. The summed E-state index contributed by atoms with van der Waals surface area (Å²) in [6, 6.07) is 17.6. The van der Waals surface area contributed by atoms with Crippen molar-refractivity contribution >= 4 is 19.7 Å². The Labute approximate surface area is 370 Å². The lowest BCUT2D eigenvalue weighted by Crippen LogP contribution is -2.46. The molecule has 2 aromatic carbocycles. The maximum absolute atomic E-state index is 13.2. The van der Waals surface area contributed by atoms with Gasteiger partial charge in [-0.1, -0.05) is 12.1 Å². The zero-order valence-electron chi connectivity index (χ0n) is 36.2. The van der Waals surface area contributed by atoms with Crippen molar-refractivity contribution in [1.82, 2.24) is 40.2 Å². The first-order valence-electron chi connectivity index (χ1n) is 20.3. The van der Waals surface area contributed by atoms with Gasteiger partial charge in [0, 0.05) is 26.2 Å². The molecule has 0 bridgehead atoms. The van der Waals surface area contributed by atoms with Crippen LogP contribution in [0.3, 0.4) is 0 Å². The van der Waals surface area contributed by atoms with Crippen LogP contribution in [-0.4, -0.2) is 134 Å². The van der Waals surface area contributed by atoms with E-state index in [4.69, 9.17) is 27.8 Å². The number of methoxy groups -OCH3 is 4. The van der Waals surface area contributed by atoms with E-state index >= 15 is 0 Å². The van der Waals surface area contributed by atoms with Crippen LogP contribution in [-0.2, 0) is 31.2 Å². The Morgan fingerprint density at radius 2 is 0.938 bits per heavy atom. The molecule has 0 spiro atoms. The number of piperidine rings is 2. The molecule has 2 aliphatic rings. The number of sulfone groups is 2. The lowest BCUT2D eigenvalue weighted by Gasteiger charge is -2.26. The summed E-state index contributed by atoms with van der Waals surface area (Å²) in [5.41, 5.74) is 0.942. The lowest BCUT2D eigenvalue weighted by atomic mass is 10.1. The smallest absolute Gasteiger partial charge is 0.204 e. The minimum atomic E-state index is -3.66. The topological polar surface area (TPSA) is 257 Å². The van der Waals surface area contributed by atoms with Gasteiger partial charge in [-0.15, -0.1) is 20.4 Å². The summed E-state index contributed by atoms with van der Waals surface area (Å²) >= 11 is 0. The van der Waals surface area contributed by atoms with Gasteiger partial charge in [0.25, 0.3) is 0 Å². The summed E-state index contributed by atoms with van der Waals surface area (Å²) in [6.07, 6.45) is -1.08. The SMILES string of the molecule is COc1cccc(OC)c1-n1c(CS(=O)(=O)[C@@H]2CNC[C@H](O)C2)nnc1-c1ccc(C)o1.COc1cccc(OC)c1-n1c(CS(=O)(=O)[C@H]2CNC[C@@H](O)C2)nnc1-c1ccc(C)o1. The van der Waals surface area contributed by atoms with Crippen LogP contribution in [0.5, 0.6) is 23.0 Å². The van der Waals surface area contributed by atoms with Crippen LogP contribution in [0.2, 0.25) is 0 Å². The highest BCUT2D eigenvalue weighted by molar-refractivity contribution is 7.91. The highest BCUT2D eigenvalue weighted by Crippen LogP contribution is 2.39. The van der Waals surface area contributed by atoms with Crippen molar-refractivity contribution in [1.29, 1.82) is 0 Å². The number of benzene rings is 2. The Morgan fingerprint density at radius 1 is 0.578 bits per heavy atom. The maximum Gasteiger partial charge on any atom is 0.204 e. The predicted molar refractivity (Wildman–Crippen MR) is 234 cm³/mol. The van der Waals surface area contributed by atoms with E-state index in [0.717, 1.165) is 0 Å². The predicted octanol–water partition coefficient (Wildman–Crippen LogP) is 2.98. The van der Waals surface area contributed by atoms with E-state index in [0.29, 0.717) is 82.2 Å². The molecule has 0 aliphatic carbocycles. The first-order valence-corrected chi connectivity index (χ1v) is 23.8. The molecular formula is C42H52N8O12S2. The van der Waals surface area contributed by atoms with Gasteiger partial charge in [0.05, 0.1) is 51.1 Å². The molecular weight excluding hydrogens is 873 g/mol. The van der Waals surface area contributed by atoms with Crippen LogP contribution in [0.15, 0.2) is 69.5 Å². The number of nitrogens with one attached hydrogen (secondary N) is 2. The molecule has 0 saturated carbocycles. The van der Waals surface area contributed by atoms with Crippen LogP contribution in [0.1, 0.15) is 36.0 Å². The first kappa shape index (κ1) is 46.2. The van der Waals surface area contributed by atoms with Crippen molar-refractivity contribution < 1.29 is 54.8 Å². The first-order chi connectivity index (χ1) is 30.7. The summed E-state index contributed by atoms with van der Waals surface area (Å²) < 4.78 is 89.8. The average molecular weight is 925 g/mol. The Kier molecular flexibility index (Phi) is 14.1. The van der Waals surface area contributed by atoms with Crippen molar-refractivity contribution in [2.75, 3.05) is 54.6 Å². The van der Waals surface area contributed by atoms with E-state index in [1.807, 2.05) is 0 Å². The molecule has 6 aromatic rings. The number of hydrogen-bond acceptors (Lipinski definition) is 18. The third-order valence-electron chi connectivity index (χ3n) is 10.9. The van der Waals surface area contributed by atoms with Crippen molar-refractivity contribution in [3.05, 3.63) is 83.8 Å². The van der Waals surface area contributed by atoms with Gasteiger partial charge in [-0.05, 0) is 75.2 Å². The Hall–Kier alpha value is -5.78. The minimum Gasteiger partial charge on any atom is -0.494 e. The average Bonchev–Trinajstić information content (AvgIpc) is 4.10. The fourth-order valence-corrected chi connectivity index (χ4v) is 11.1. The third kappa shape index (κ3) is 9.81. The molecule has 4 aromatic heterocycles. The summed E-state index contributed by atoms with van der Waals surface area (Å²) in [5, 5.41) is 41.2. The summed E-state index contributed by atoms with van der Waals surface area (Å²) in [6.45, 7) is 4.91. The zero-order chi connectivity index (χ0) is 45.8. The monoisotopic (exact) mass is 924 g/mol. The molecule has 2 aliphatic heterocycles. The number of aliphatic hydroxyl groups is 2. The van der Waals surface area contributed by atoms with Gasteiger partial charge in [0.1, 0.15) is 57.4 Å². The van der Waals surface area contributed by atoms with E-state index in [-0.39, 0.29) is 49.1 Å². The van der Waals surface area contributed by atoms with E-state index in [1.165, 1.54) is 28.4 Å². The van der Waals surface area contributed by atoms with Gasteiger partial charge in [-0.3, -0.25) is 9.13 Å². The number of furan rings is 2. The number of β-amino-alcohol motifs (C(OH)–C–C–N with tert-alkyl or cyclic N) is 2. The van der Waals surface area contributed by atoms with Crippen LogP contribution in [0.4, 0.5) is 0 Å². The highest BCUT2D eigenvalue weighted by atomic mass is 32.2. The third-order valence-corrected chi connectivity index (χ3v) is 15.0. The maximum atomic E-state index is 13.2. The molecule has 4 atom stereocenters. The minimum absolute atomic E-state index is 0.172. The van der Waals surface area contributed by atoms with E-state index in [1.54, 1.807) is 83.6 Å². The second kappa shape index (κ2) is 19.5. The Morgan fingerprint density at radius 3 is 1.23 bits per heavy atom. The molecule has 0 radical (unpaired) electrons. The molecule has 20 nitrogen and oxygen atoms in total. The number of aryl methyl sites for hydroxylation is 2. The number of hydrogen-bond donors (Lipinski definition) is 4. The second-order valence-electron chi connectivity index (χ2n) is 15.3. The van der Waals surface area contributed by atoms with E-state index < -0.39 is 42.4 Å². The number of aromatic nitrogens is 6. The largest absolute Gasteiger partial charge is 0.494 e. The van der Waals surface area contributed by atoms with Gasteiger partial charge in [0.15, 0.2) is 42.8 Å². The number of aliphatic hydroxyl groups excluding tert-OH is 2. The number of nitrogens with zero attached hydrogens (tertiary/aromatic N) is 6. The van der Waals surface area contributed by atoms with Crippen molar-refractivity contribution in [3.8, 4) is 57.5 Å². The quantitative estimate of drug-likeness (QED) is 0.122. The molecule has 2 fully saturated rings. The molecule has 4 N–H and O–H groups in total. The van der Waals surface area contributed by atoms with Gasteiger partial charge in [-0.25, -0.2) is 16.8 Å². The second-order valence-corrected chi connectivity index (χ2v) is 19.9. The van der Waals surface area contributed by atoms with Gasteiger partial charge < -0.3 is 48.6 Å². The van der Waals surface area contributed by atoms with Gasteiger partial charge in [0.2, 0.25) is 11.6 Å². The van der Waals surface area contributed by atoms with Crippen LogP contribution in [0.25, 0.3) is 34.5 Å². The highest BCUT2D eigenvalue weighted by Gasteiger charge is 2.36. The van der Waals surface area contributed by atoms with Gasteiger partial charge >= 0.3 is 0 Å². The Bertz CT molecular complexity index is 2550. The standard InChI is InChI=1S/2C21H26N4O6S/c2*1-13-7-8-18(31-13)21-24-23-19(12-32(27,28)15-9-14(26)10-22-11-15)25(21)20-16(29-2)5-4-6-17(20)30-3/h2*4-8,14-15,22,26H,9-12H2,1-3H3/t2*14-,15+/m10/s1. The molecule has 0 amide bonds. The van der Waals surface area contributed by atoms with Crippen molar-refractivity contribution in [2.24, 2.45) is 0 Å².